The molecule has 0 bridgehead atoms. The summed E-state index contributed by atoms with van der Waals surface area (Å²) in [5.41, 5.74) is -0.117. The molecule has 0 aliphatic heterocycles. The van der Waals surface area contributed by atoms with Gasteiger partial charge >= 0.3 is 0 Å². The molecule has 19 heteroatoms. The number of nitrogens with one attached hydrogen (secondary N) is 4. The third-order valence-corrected chi connectivity index (χ3v) is 12.0. The highest BCUT2D eigenvalue weighted by Gasteiger charge is 2.32. The Morgan fingerprint density at radius 2 is 1.17 bits per heavy atom. The summed E-state index contributed by atoms with van der Waals surface area (Å²) in [7, 11) is 4.72. The first kappa shape index (κ1) is 50.2. The molecule has 1 aliphatic rings. The van der Waals surface area contributed by atoms with E-state index in [9.17, 15) is 24.1 Å². The maximum atomic E-state index is 13.6. The molecule has 2 atom stereocenters. The van der Waals surface area contributed by atoms with Crippen molar-refractivity contribution in [3.05, 3.63) is 0 Å². The molecule has 5 N–H and O–H groups in total. The highest BCUT2D eigenvalue weighted by molar-refractivity contribution is 8.09. The van der Waals surface area contributed by atoms with E-state index in [4.69, 9.17) is 44.8 Å². The van der Waals surface area contributed by atoms with Gasteiger partial charge in [-0.25, -0.2) is 0 Å². The predicted molar refractivity (Wildman–Crippen MR) is 208 cm³/mol. The lowest BCUT2D eigenvalue weighted by Gasteiger charge is -2.31. The van der Waals surface area contributed by atoms with Crippen LogP contribution in [0, 0.1) is 5.92 Å². The Hall–Kier alpha value is -1.83. The normalized spacial score (nSPS) is 17.6. The number of ether oxygens (including phenoxy) is 6. The highest BCUT2D eigenvalue weighted by atomic mass is 32.5. The van der Waals surface area contributed by atoms with E-state index in [0.29, 0.717) is 91.1 Å². The van der Waals surface area contributed by atoms with Gasteiger partial charge in [0.1, 0.15) is 0 Å². The lowest BCUT2D eigenvalue weighted by Crippen LogP contribution is -2.54. The smallest absolute Gasteiger partial charge is 0.237 e. The summed E-state index contributed by atoms with van der Waals surface area (Å²) in [5, 5.41) is 11.5. The van der Waals surface area contributed by atoms with Crippen molar-refractivity contribution in [3.63, 3.8) is 0 Å². The van der Waals surface area contributed by atoms with Crippen LogP contribution in [0.25, 0.3) is 0 Å². The van der Waals surface area contributed by atoms with E-state index in [0.717, 1.165) is 0 Å². The molecule has 54 heavy (non-hydrogen) atoms. The Morgan fingerprint density at radius 1 is 0.685 bits per heavy atom. The molecule has 0 spiro atoms. The molecule has 0 aromatic heterocycles. The van der Waals surface area contributed by atoms with Crippen molar-refractivity contribution in [1.29, 1.82) is 0 Å². The van der Waals surface area contributed by atoms with Crippen LogP contribution in [-0.2, 0) is 63.9 Å². The number of carbonyl (C=O) groups is 4. The van der Waals surface area contributed by atoms with Crippen molar-refractivity contribution in [1.82, 2.24) is 26.2 Å². The molecule has 0 heterocycles. The number of carbonyl (C=O) groups excluding carboxylic acids is 4. The molecule has 316 valence electrons. The minimum absolute atomic E-state index is 0.0316. The third-order valence-electron chi connectivity index (χ3n) is 8.62. The van der Waals surface area contributed by atoms with Crippen LogP contribution in [0.3, 0.4) is 0 Å². The summed E-state index contributed by atoms with van der Waals surface area (Å²) < 4.78 is 37.1. The van der Waals surface area contributed by atoms with Crippen LogP contribution >= 0.6 is 6.49 Å². The number of methoxy groups -OCH3 is 3. The lowest BCUT2D eigenvalue weighted by atomic mass is 9.87. The van der Waals surface area contributed by atoms with Gasteiger partial charge in [-0.15, -0.1) is 0 Å². The number of amides is 4. The third kappa shape index (κ3) is 23.9. The van der Waals surface area contributed by atoms with Gasteiger partial charge < -0.3 is 59.1 Å². The maximum Gasteiger partial charge on any atom is 0.237 e. The zero-order valence-corrected chi connectivity index (χ0v) is 34.8. The summed E-state index contributed by atoms with van der Waals surface area (Å²) in [5.74, 6) is -1.25. The van der Waals surface area contributed by atoms with Crippen LogP contribution in [0.2, 0.25) is 0 Å². The van der Waals surface area contributed by atoms with Gasteiger partial charge in [0, 0.05) is 59.1 Å². The molecule has 1 rings (SSSR count). The average molecular weight is 814 g/mol. The van der Waals surface area contributed by atoms with E-state index in [1.807, 2.05) is 13.8 Å². The topological polar surface area (TPSA) is 204 Å². The lowest BCUT2D eigenvalue weighted by molar-refractivity contribution is -0.132. The Kier molecular flexibility index (Phi) is 29.1. The van der Waals surface area contributed by atoms with Gasteiger partial charge in [0.2, 0.25) is 23.6 Å². The number of rotatable bonds is 33. The Balaban J connectivity index is 2.85. The van der Waals surface area contributed by atoms with Crippen LogP contribution in [0.1, 0.15) is 58.8 Å². The minimum Gasteiger partial charge on any atom is -0.382 e. The summed E-state index contributed by atoms with van der Waals surface area (Å²) in [4.78, 5) is 64.7. The summed E-state index contributed by atoms with van der Waals surface area (Å²) in [6, 6.07) is -0.820. The summed E-state index contributed by atoms with van der Waals surface area (Å²) in [6.45, 7) is 4.89. The monoisotopic (exact) mass is 813 g/mol. The van der Waals surface area contributed by atoms with Crippen LogP contribution in [0.15, 0.2) is 0 Å². The number of hydrogen-bond acceptors (Lipinski definition) is 13. The molecule has 1 fully saturated rings. The van der Waals surface area contributed by atoms with Crippen LogP contribution < -0.4 is 21.3 Å². The van der Waals surface area contributed by atoms with Gasteiger partial charge in [-0.2, -0.15) is 0 Å². The number of nitrogens with zero attached hydrogens (tertiary/aromatic N) is 1. The minimum atomic E-state index is -2.85. The van der Waals surface area contributed by atoms with E-state index in [1.54, 1.807) is 26.2 Å². The molecule has 0 radical (unpaired) electrons. The van der Waals surface area contributed by atoms with E-state index in [2.05, 4.69) is 21.3 Å². The molecule has 1 saturated carbocycles. The van der Waals surface area contributed by atoms with E-state index < -0.39 is 12.5 Å². The quantitative estimate of drug-likeness (QED) is 0.0455. The summed E-state index contributed by atoms with van der Waals surface area (Å²) >= 11 is 5.28. The van der Waals surface area contributed by atoms with Crippen molar-refractivity contribution in [2.24, 2.45) is 5.92 Å². The Labute approximate surface area is 327 Å². The van der Waals surface area contributed by atoms with Crippen LogP contribution in [-0.4, -0.2) is 171 Å². The molecule has 0 saturated heterocycles. The summed E-state index contributed by atoms with van der Waals surface area (Å²) in [6.07, 6.45) is 3.95. The molecular weight excluding hydrogens is 745 g/mol. The van der Waals surface area contributed by atoms with Crippen molar-refractivity contribution < 1.29 is 57.0 Å². The van der Waals surface area contributed by atoms with Gasteiger partial charge in [-0.3, -0.25) is 24.1 Å². The predicted octanol–water partition coefficient (Wildman–Crippen LogP) is 0.567. The molecule has 17 nitrogen and oxygen atoms in total. The first-order chi connectivity index (χ1) is 25.9. The van der Waals surface area contributed by atoms with Gasteiger partial charge in [0.15, 0.2) is 6.49 Å². The second-order valence-electron chi connectivity index (χ2n) is 13.3. The van der Waals surface area contributed by atoms with Gasteiger partial charge in [0.05, 0.1) is 84.7 Å². The second-order valence-corrected chi connectivity index (χ2v) is 17.2. The standard InChI is InChI=1S/C35H68N5O12PS/c1-28(2)53(45,54)52-30-11-9-29(10-12-30)34(43)38-13-7-6-8-31(35(44)39-16-19-51-25-22-48-5)40(26-32(41)36-14-17-49-23-20-46-3)27-33(42)37-15-18-50-24-21-47-4/h28-31H,6-27H2,1-5H3,(H,36,41)(H,37,42)(H,38,43)(H,39,44)(H,45,54). The van der Waals surface area contributed by atoms with Crippen molar-refractivity contribution in [2.75, 3.05) is 120 Å². The molecular formula is C35H68N5O12PS. The highest BCUT2D eigenvalue weighted by Crippen LogP contribution is 2.50. The fourth-order valence-electron chi connectivity index (χ4n) is 5.44. The fourth-order valence-corrected chi connectivity index (χ4v) is 6.69. The second kappa shape index (κ2) is 31.3. The molecule has 1 aliphatic carbocycles. The van der Waals surface area contributed by atoms with Crippen molar-refractivity contribution in [3.8, 4) is 0 Å². The van der Waals surface area contributed by atoms with Crippen molar-refractivity contribution in [2.45, 2.75) is 76.6 Å². The SMILES string of the molecule is COCCOCCNC(=O)CN(CC(=O)NCCOCCOC)C(CCCCNC(=O)C1CCC(OP(O)(=S)C(C)C)CC1)C(=O)NCCOCCOC. The van der Waals surface area contributed by atoms with Crippen molar-refractivity contribution >= 4 is 41.9 Å². The fraction of sp³-hybridized carbons (Fsp3) is 0.886. The van der Waals surface area contributed by atoms with Gasteiger partial charge in [-0.1, -0.05) is 13.8 Å². The molecule has 0 aromatic rings. The first-order valence-corrected chi connectivity index (χ1v) is 21.7. The Bertz CT molecular complexity index is 1060. The Morgan fingerprint density at radius 3 is 1.63 bits per heavy atom. The van der Waals surface area contributed by atoms with Gasteiger partial charge in [-0.05, 0) is 56.8 Å². The van der Waals surface area contributed by atoms with E-state index in [-0.39, 0.29) is 93.9 Å². The van der Waals surface area contributed by atoms with Gasteiger partial charge in [0.25, 0.3) is 0 Å². The zero-order valence-electron chi connectivity index (χ0n) is 33.1. The first-order valence-electron chi connectivity index (χ1n) is 19.0. The molecule has 0 aromatic carbocycles. The van der Waals surface area contributed by atoms with Crippen LogP contribution in [0.4, 0.5) is 0 Å². The van der Waals surface area contributed by atoms with E-state index in [1.165, 1.54) is 0 Å². The zero-order chi connectivity index (χ0) is 40.0. The number of hydrogen-bond donors (Lipinski definition) is 5. The molecule has 4 amide bonds. The molecule has 2 unspecified atom stereocenters. The maximum absolute atomic E-state index is 13.6. The average Bonchev–Trinajstić information content (AvgIpc) is 3.13. The largest absolute Gasteiger partial charge is 0.382 e. The number of unbranched alkanes of at least 4 members (excludes halogenated alkanes) is 1. The van der Waals surface area contributed by atoms with E-state index >= 15 is 0 Å². The van der Waals surface area contributed by atoms with Crippen LogP contribution in [0.5, 0.6) is 0 Å².